The number of halogens is 3. The van der Waals surface area contributed by atoms with E-state index in [1.165, 1.54) is 30.3 Å². The first-order valence-corrected chi connectivity index (χ1v) is 7.56. The van der Waals surface area contributed by atoms with Gasteiger partial charge in [-0.25, -0.2) is 9.18 Å². The molecule has 0 saturated heterocycles. The van der Waals surface area contributed by atoms with Crippen molar-refractivity contribution in [1.29, 1.82) is 0 Å². The Hall–Kier alpha value is -2.31. The Labute approximate surface area is 145 Å². The minimum absolute atomic E-state index is 0.0409. The van der Waals surface area contributed by atoms with Crippen LogP contribution in [0.3, 0.4) is 0 Å². The van der Waals surface area contributed by atoms with Crippen LogP contribution in [0.5, 0.6) is 5.75 Å². The van der Waals surface area contributed by atoms with E-state index in [2.05, 4.69) is 5.16 Å². The number of fused-ring (bicyclic) bond motifs is 1. The number of hydrogen-bond donors (Lipinski definition) is 2. The van der Waals surface area contributed by atoms with E-state index < -0.39 is 17.9 Å². The standard InChI is InChI=1S/C16H10Cl2FNO4/c17-11-5-9(14(20-23)7-1-3-8(19)4-2-7)13(18)10-6-12(16(21)22)24-15(10)11/h1-5,12,23H,6H2,(H,21,22). The van der Waals surface area contributed by atoms with Gasteiger partial charge in [0, 0.05) is 23.1 Å². The van der Waals surface area contributed by atoms with Crippen molar-refractivity contribution >= 4 is 34.9 Å². The largest absolute Gasteiger partial charge is 0.478 e. The summed E-state index contributed by atoms with van der Waals surface area (Å²) in [4.78, 5) is 11.1. The fraction of sp³-hybridized carbons (Fsp3) is 0.125. The van der Waals surface area contributed by atoms with E-state index in [9.17, 15) is 14.4 Å². The fourth-order valence-electron chi connectivity index (χ4n) is 2.53. The summed E-state index contributed by atoms with van der Waals surface area (Å²) in [5, 5.41) is 22.0. The van der Waals surface area contributed by atoms with E-state index in [-0.39, 0.29) is 27.9 Å². The molecule has 124 valence electrons. The summed E-state index contributed by atoms with van der Waals surface area (Å²) >= 11 is 12.5. The van der Waals surface area contributed by atoms with Crippen LogP contribution in [-0.4, -0.2) is 28.1 Å². The van der Waals surface area contributed by atoms with E-state index in [4.69, 9.17) is 33.0 Å². The maximum Gasteiger partial charge on any atom is 0.345 e. The lowest BCUT2D eigenvalue weighted by Crippen LogP contribution is -2.24. The monoisotopic (exact) mass is 369 g/mol. The summed E-state index contributed by atoms with van der Waals surface area (Å²) in [6.07, 6.45) is -1.04. The number of carbonyl (C=O) groups is 1. The predicted molar refractivity (Wildman–Crippen MR) is 86.0 cm³/mol. The summed E-state index contributed by atoms with van der Waals surface area (Å²) < 4.78 is 18.4. The Morgan fingerprint density at radius 3 is 2.54 bits per heavy atom. The summed E-state index contributed by atoms with van der Waals surface area (Å²) in [6.45, 7) is 0. The van der Waals surface area contributed by atoms with Gasteiger partial charge in [0.05, 0.1) is 10.0 Å². The van der Waals surface area contributed by atoms with Gasteiger partial charge in [-0.15, -0.1) is 0 Å². The molecule has 3 rings (SSSR count). The first-order valence-electron chi connectivity index (χ1n) is 6.81. The summed E-state index contributed by atoms with van der Waals surface area (Å²) in [5.74, 6) is -1.37. The molecule has 0 fully saturated rings. The summed E-state index contributed by atoms with van der Waals surface area (Å²) in [5.41, 5.74) is 1.23. The van der Waals surface area contributed by atoms with Gasteiger partial charge < -0.3 is 15.1 Å². The number of rotatable bonds is 3. The van der Waals surface area contributed by atoms with Gasteiger partial charge in [-0.2, -0.15) is 0 Å². The van der Waals surface area contributed by atoms with E-state index in [1.807, 2.05) is 0 Å². The molecule has 0 spiro atoms. The quantitative estimate of drug-likeness (QED) is 0.490. The number of ether oxygens (including phenoxy) is 1. The molecule has 8 heteroatoms. The molecular weight excluding hydrogens is 360 g/mol. The van der Waals surface area contributed by atoms with Gasteiger partial charge in [0.15, 0.2) is 6.10 Å². The highest BCUT2D eigenvalue weighted by molar-refractivity contribution is 6.39. The highest BCUT2D eigenvalue weighted by Gasteiger charge is 2.34. The first-order chi connectivity index (χ1) is 11.4. The van der Waals surface area contributed by atoms with Gasteiger partial charge in [-0.3, -0.25) is 0 Å². The highest BCUT2D eigenvalue weighted by Crippen LogP contribution is 2.43. The second kappa shape index (κ2) is 6.30. The topological polar surface area (TPSA) is 79.1 Å². The highest BCUT2D eigenvalue weighted by atomic mass is 35.5. The molecule has 1 aliphatic heterocycles. The van der Waals surface area contributed by atoms with Crippen LogP contribution < -0.4 is 4.74 Å². The third kappa shape index (κ3) is 2.79. The predicted octanol–water partition coefficient (Wildman–Crippen LogP) is 3.75. The van der Waals surface area contributed by atoms with Crippen LogP contribution in [-0.2, 0) is 11.2 Å². The van der Waals surface area contributed by atoms with Crippen LogP contribution in [0, 0.1) is 5.82 Å². The molecule has 2 aromatic carbocycles. The van der Waals surface area contributed by atoms with Gasteiger partial charge >= 0.3 is 5.97 Å². The maximum atomic E-state index is 13.1. The lowest BCUT2D eigenvalue weighted by Gasteiger charge is -2.11. The molecule has 1 heterocycles. The molecule has 0 aliphatic carbocycles. The van der Waals surface area contributed by atoms with Crippen LogP contribution >= 0.6 is 23.2 Å². The molecule has 2 N–H and O–H groups in total. The average molecular weight is 370 g/mol. The molecular formula is C16H10Cl2FNO4. The van der Waals surface area contributed by atoms with Crippen molar-refractivity contribution in [3.63, 3.8) is 0 Å². The molecule has 0 saturated carbocycles. The molecule has 2 aromatic rings. The van der Waals surface area contributed by atoms with Crippen molar-refractivity contribution in [3.05, 3.63) is 62.9 Å². The molecule has 0 bridgehead atoms. The lowest BCUT2D eigenvalue weighted by atomic mass is 9.98. The zero-order valence-corrected chi connectivity index (χ0v) is 13.5. The third-order valence-corrected chi connectivity index (χ3v) is 4.37. The Morgan fingerprint density at radius 2 is 1.96 bits per heavy atom. The van der Waals surface area contributed by atoms with E-state index in [0.29, 0.717) is 16.7 Å². The summed E-state index contributed by atoms with van der Waals surface area (Å²) in [7, 11) is 0. The number of carboxylic acid groups (broad SMARTS) is 1. The second-order valence-corrected chi connectivity index (χ2v) is 5.92. The van der Waals surface area contributed by atoms with Crippen molar-refractivity contribution in [2.75, 3.05) is 0 Å². The fourth-order valence-corrected chi connectivity index (χ4v) is 3.10. The second-order valence-electron chi connectivity index (χ2n) is 5.13. The SMILES string of the molecule is O=C(O)C1Cc2c(Cl)c(C(=NO)c3ccc(F)cc3)cc(Cl)c2O1. The zero-order chi connectivity index (χ0) is 17.4. The van der Waals surface area contributed by atoms with Crippen molar-refractivity contribution < 1.29 is 24.2 Å². The number of carboxylic acids is 1. The molecule has 1 unspecified atom stereocenters. The Bertz CT molecular complexity index is 852. The summed E-state index contributed by atoms with van der Waals surface area (Å²) in [6, 6.07) is 6.71. The molecule has 0 amide bonds. The minimum Gasteiger partial charge on any atom is -0.478 e. The lowest BCUT2D eigenvalue weighted by molar-refractivity contribution is -0.144. The Balaban J connectivity index is 2.10. The maximum absolute atomic E-state index is 13.1. The average Bonchev–Trinajstić information content (AvgIpc) is 3.01. The Kier molecular flexibility index (Phi) is 4.34. The van der Waals surface area contributed by atoms with Gasteiger partial charge in [0.25, 0.3) is 0 Å². The number of benzene rings is 2. The third-order valence-electron chi connectivity index (χ3n) is 3.66. The van der Waals surface area contributed by atoms with Gasteiger partial charge in [0.2, 0.25) is 0 Å². The van der Waals surface area contributed by atoms with Crippen LogP contribution in [0.1, 0.15) is 16.7 Å². The molecule has 0 aromatic heterocycles. The number of oxime groups is 1. The van der Waals surface area contributed by atoms with E-state index >= 15 is 0 Å². The first kappa shape index (κ1) is 16.5. The zero-order valence-electron chi connectivity index (χ0n) is 12.0. The minimum atomic E-state index is -1.13. The molecule has 0 radical (unpaired) electrons. The van der Waals surface area contributed by atoms with Crippen LogP contribution in [0.2, 0.25) is 10.0 Å². The number of nitrogens with zero attached hydrogens (tertiary/aromatic N) is 1. The van der Waals surface area contributed by atoms with Crippen LogP contribution in [0.15, 0.2) is 35.5 Å². The molecule has 5 nitrogen and oxygen atoms in total. The molecule has 1 aliphatic rings. The van der Waals surface area contributed by atoms with Crippen molar-refractivity contribution in [2.24, 2.45) is 5.16 Å². The van der Waals surface area contributed by atoms with Gasteiger partial charge in [0.1, 0.15) is 17.3 Å². The number of aliphatic carboxylic acids is 1. The normalized spacial score (nSPS) is 16.6. The van der Waals surface area contributed by atoms with Gasteiger partial charge in [-0.1, -0.05) is 28.4 Å². The van der Waals surface area contributed by atoms with Gasteiger partial charge in [-0.05, 0) is 30.3 Å². The van der Waals surface area contributed by atoms with Crippen LogP contribution in [0.25, 0.3) is 0 Å². The van der Waals surface area contributed by atoms with Crippen LogP contribution in [0.4, 0.5) is 4.39 Å². The smallest absolute Gasteiger partial charge is 0.345 e. The molecule has 24 heavy (non-hydrogen) atoms. The molecule has 1 atom stereocenters. The Morgan fingerprint density at radius 1 is 1.29 bits per heavy atom. The van der Waals surface area contributed by atoms with Crippen molar-refractivity contribution in [1.82, 2.24) is 0 Å². The van der Waals surface area contributed by atoms with E-state index in [1.54, 1.807) is 0 Å². The van der Waals surface area contributed by atoms with Crippen molar-refractivity contribution in [2.45, 2.75) is 12.5 Å². The van der Waals surface area contributed by atoms with E-state index in [0.717, 1.165) is 0 Å². The van der Waals surface area contributed by atoms with Crippen molar-refractivity contribution in [3.8, 4) is 5.75 Å². The number of hydrogen-bond acceptors (Lipinski definition) is 4.